The number of pyridine rings is 1. The zero-order valence-electron chi connectivity index (χ0n) is 12.8. The lowest BCUT2D eigenvalue weighted by molar-refractivity contribution is 0.0670. The number of tetrazole rings is 1. The summed E-state index contributed by atoms with van der Waals surface area (Å²) in [5, 5.41) is 21.9. The highest BCUT2D eigenvalue weighted by Gasteiger charge is 2.19. The van der Waals surface area contributed by atoms with Crippen LogP contribution in [0.2, 0.25) is 0 Å². The van der Waals surface area contributed by atoms with E-state index in [9.17, 15) is 5.11 Å². The second-order valence-electron chi connectivity index (χ2n) is 6.10. The first-order valence-electron chi connectivity index (χ1n) is 7.96. The van der Waals surface area contributed by atoms with Gasteiger partial charge < -0.3 is 5.11 Å². The molecule has 23 heavy (non-hydrogen) atoms. The Balaban J connectivity index is 1.71. The summed E-state index contributed by atoms with van der Waals surface area (Å²) in [6.07, 6.45) is 3.65. The smallest absolute Gasteiger partial charge is 0.183 e. The summed E-state index contributed by atoms with van der Waals surface area (Å²) < 4.78 is 1.73. The quantitative estimate of drug-likeness (QED) is 0.798. The van der Waals surface area contributed by atoms with Gasteiger partial charge in [-0.2, -0.15) is 4.52 Å². The summed E-state index contributed by atoms with van der Waals surface area (Å²) in [4.78, 5) is 2.27. The molecule has 0 saturated carbocycles. The van der Waals surface area contributed by atoms with Gasteiger partial charge in [-0.25, -0.2) is 0 Å². The van der Waals surface area contributed by atoms with E-state index in [0.29, 0.717) is 6.54 Å². The van der Waals surface area contributed by atoms with E-state index < -0.39 is 0 Å². The molecule has 2 aromatic heterocycles. The van der Waals surface area contributed by atoms with E-state index in [0.717, 1.165) is 48.3 Å². The lowest BCUT2D eigenvalue weighted by Gasteiger charge is -2.30. The number of β-amino-alcohol motifs (C(OH)–C–C–N with tert-alkyl or cyclic N) is 1. The maximum absolute atomic E-state index is 9.88. The molecule has 3 aromatic rings. The Kier molecular flexibility index (Phi) is 3.77. The Labute approximate surface area is 134 Å². The number of piperidine rings is 1. The van der Waals surface area contributed by atoms with Gasteiger partial charge in [-0.05, 0) is 41.4 Å². The van der Waals surface area contributed by atoms with Gasteiger partial charge in [0.15, 0.2) is 5.65 Å². The predicted molar refractivity (Wildman–Crippen MR) is 86.7 cm³/mol. The molecular formula is C17H19N5O. The fourth-order valence-corrected chi connectivity index (χ4v) is 3.23. The zero-order chi connectivity index (χ0) is 15.6. The number of rotatable bonds is 3. The molecule has 4 rings (SSSR count). The number of likely N-dealkylation sites (tertiary alicyclic amines) is 1. The third kappa shape index (κ3) is 2.95. The first-order chi connectivity index (χ1) is 11.3. The van der Waals surface area contributed by atoms with Crippen molar-refractivity contribution in [2.45, 2.75) is 25.5 Å². The van der Waals surface area contributed by atoms with Crippen LogP contribution in [-0.4, -0.2) is 49.2 Å². The van der Waals surface area contributed by atoms with E-state index in [1.165, 1.54) is 0 Å². The second kappa shape index (κ2) is 6.06. The number of hydrogen-bond acceptors (Lipinski definition) is 5. The highest BCUT2D eigenvalue weighted by Crippen LogP contribution is 2.23. The first kappa shape index (κ1) is 14.3. The summed E-state index contributed by atoms with van der Waals surface area (Å²) in [5.74, 6) is 0. The van der Waals surface area contributed by atoms with Crippen molar-refractivity contribution in [3.05, 3.63) is 48.2 Å². The van der Waals surface area contributed by atoms with Crippen LogP contribution in [0.3, 0.4) is 0 Å². The molecule has 1 aliphatic rings. The highest BCUT2D eigenvalue weighted by atomic mass is 16.3. The van der Waals surface area contributed by atoms with Gasteiger partial charge in [-0.15, -0.1) is 5.10 Å². The van der Waals surface area contributed by atoms with E-state index in [2.05, 4.69) is 38.6 Å². The standard InChI is InChI=1S/C17H19N5O/c23-16-7-4-8-21(12-16)10-15-9-14(13-5-2-1-3-6-13)11-22-17(15)18-19-20-22/h1-3,5-6,9,11,16,23H,4,7-8,10,12H2/t16-/m1/s1. The lowest BCUT2D eigenvalue weighted by Crippen LogP contribution is -2.37. The van der Waals surface area contributed by atoms with Crippen molar-refractivity contribution in [3.8, 4) is 11.1 Å². The molecule has 6 heteroatoms. The van der Waals surface area contributed by atoms with Crippen LogP contribution in [0.1, 0.15) is 18.4 Å². The molecule has 1 fully saturated rings. The number of benzene rings is 1. The van der Waals surface area contributed by atoms with Crippen LogP contribution in [0.5, 0.6) is 0 Å². The van der Waals surface area contributed by atoms with Crippen LogP contribution in [-0.2, 0) is 6.54 Å². The minimum atomic E-state index is -0.229. The first-order valence-corrected chi connectivity index (χ1v) is 7.96. The third-order valence-corrected chi connectivity index (χ3v) is 4.35. The summed E-state index contributed by atoms with van der Waals surface area (Å²) in [6.45, 7) is 2.46. The normalized spacial score (nSPS) is 19.3. The van der Waals surface area contributed by atoms with Crippen LogP contribution in [0.15, 0.2) is 42.6 Å². The van der Waals surface area contributed by atoms with E-state index in [-0.39, 0.29) is 6.10 Å². The molecule has 1 saturated heterocycles. The Bertz CT molecular complexity index is 801. The molecular weight excluding hydrogens is 290 g/mol. The lowest BCUT2D eigenvalue weighted by atomic mass is 10.0. The molecule has 118 valence electrons. The van der Waals surface area contributed by atoms with Gasteiger partial charge in [0.2, 0.25) is 0 Å². The third-order valence-electron chi connectivity index (χ3n) is 4.35. The summed E-state index contributed by atoms with van der Waals surface area (Å²) in [5.41, 5.74) is 4.11. The largest absolute Gasteiger partial charge is 0.392 e. The SMILES string of the molecule is O[C@@H]1CCCN(Cc2cc(-c3ccccc3)cn3nnnc23)C1. The minimum Gasteiger partial charge on any atom is -0.392 e. The number of aliphatic hydroxyl groups is 1. The molecule has 0 aliphatic carbocycles. The Morgan fingerprint density at radius 2 is 2.04 bits per heavy atom. The molecule has 6 nitrogen and oxygen atoms in total. The maximum atomic E-state index is 9.88. The van der Waals surface area contributed by atoms with Crippen LogP contribution in [0.25, 0.3) is 16.8 Å². The van der Waals surface area contributed by atoms with E-state index in [4.69, 9.17) is 0 Å². The van der Waals surface area contributed by atoms with Gasteiger partial charge in [0, 0.05) is 30.4 Å². The summed E-state index contributed by atoms with van der Waals surface area (Å²) >= 11 is 0. The number of aromatic nitrogens is 4. The van der Waals surface area contributed by atoms with Crippen LogP contribution < -0.4 is 0 Å². The molecule has 3 heterocycles. The molecule has 0 radical (unpaired) electrons. The van der Waals surface area contributed by atoms with Crippen molar-refractivity contribution in [1.82, 2.24) is 24.9 Å². The van der Waals surface area contributed by atoms with Gasteiger partial charge in [0.05, 0.1) is 6.10 Å². The Morgan fingerprint density at radius 1 is 1.17 bits per heavy atom. The fraction of sp³-hybridized carbons (Fsp3) is 0.353. The topological polar surface area (TPSA) is 66.5 Å². The number of fused-ring (bicyclic) bond motifs is 1. The van der Waals surface area contributed by atoms with Gasteiger partial charge in [0.1, 0.15) is 0 Å². The van der Waals surface area contributed by atoms with Crippen molar-refractivity contribution < 1.29 is 5.11 Å². The van der Waals surface area contributed by atoms with Gasteiger partial charge in [0.25, 0.3) is 0 Å². The molecule has 1 N–H and O–H groups in total. The molecule has 1 aromatic carbocycles. The van der Waals surface area contributed by atoms with Crippen molar-refractivity contribution in [2.75, 3.05) is 13.1 Å². The van der Waals surface area contributed by atoms with Crippen molar-refractivity contribution in [2.24, 2.45) is 0 Å². The molecule has 0 amide bonds. The van der Waals surface area contributed by atoms with Gasteiger partial charge in [-0.1, -0.05) is 30.3 Å². The average Bonchev–Trinajstić information content (AvgIpc) is 3.04. The maximum Gasteiger partial charge on any atom is 0.183 e. The van der Waals surface area contributed by atoms with E-state index >= 15 is 0 Å². The molecule has 0 spiro atoms. The van der Waals surface area contributed by atoms with Crippen molar-refractivity contribution in [3.63, 3.8) is 0 Å². The summed E-state index contributed by atoms with van der Waals surface area (Å²) in [6, 6.07) is 12.4. The number of aliphatic hydroxyl groups excluding tert-OH is 1. The van der Waals surface area contributed by atoms with E-state index in [1.54, 1.807) is 4.52 Å². The minimum absolute atomic E-state index is 0.229. The van der Waals surface area contributed by atoms with Crippen molar-refractivity contribution in [1.29, 1.82) is 0 Å². The summed E-state index contributed by atoms with van der Waals surface area (Å²) in [7, 11) is 0. The van der Waals surface area contributed by atoms with Gasteiger partial charge >= 0.3 is 0 Å². The van der Waals surface area contributed by atoms with Crippen LogP contribution in [0.4, 0.5) is 0 Å². The zero-order valence-corrected chi connectivity index (χ0v) is 12.8. The second-order valence-corrected chi connectivity index (χ2v) is 6.10. The Morgan fingerprint density at radius 3 is 2.87 bits per heavy atom. The van der Waals surface area contributed by atoms with Crippen molar-refractivity contribution >= 4 is 5.65 Å². The average molecular weight is 309 g/mol. The fourth-order valence-electron chi connectivity index (χ4n) is 3.23. The van der Waals surface area contributed by atoms with Gasteiger partial charge in [-0.3, -0.25) is 4.90 Å². The Hall–Kier alpha value is -2.31. The monoisotopic (exact) mass is 309 g/mol. The molecule has 0 unspecified atom stereocenters. The van der Waals surface area contributed by atoms with E-state index in [1.807, 2.05) is 24.4 Å². The number of hydrogen-bond donors (Lipinski definition) is 1. The number of nitrogens with zero attached hydrogens (tertiary/aromatic N) is 5. The van der Waals surface area contributed by atoms with Crippen LogP contribution in [0, 0.1) is 0 Å². The van der Waals surface area contributed by atoms with Crippen LogP contribution >= 0.6 is 0 Å². The molecule has 1 aliphatic heterocycles. The molecule has 0 bridgehead atoms. The highest BCUT2D eigenvalue weighted by molar-refractivity contribution is 5.66. The molecule has 1 atom stereocenters. The predicted octanol–water partition coefficient (Wildman–Crippen LogP) is 1.75.